The van der Waals surface area contributed by atoms with E-state index in [1.165, 1.54) is 23.3 Å². The molecule has 2 amide bonds. The van der Waals surface area contributed by atoms with Crippen LogP contribution < -0.4 is 15.0 Å². The Labute approximate surface area is 193 Å². The average Bonchev–Trinajstić information content (AvgIpc) is 3.40. The molecule has 0 bridgehead atoms. The van der Waals surface area contributed by atoms with Gasteiger partial charge in [-0.25, -0.2) is 4.90 Å². The summed E-state index contributed by atoms with van der Waals surface area (Å²) in [5.41, 5.74) is 1.69. The molecule has 5 rings (SSSR count). The Balaban J connectivity index is 1.62. The number of amides is 2. The monoisotopic (exact) mass is 460 g/mol. The maximum atomic E-state index is 13.6. The number of hydrogen-bond acceptors (Lipinski definition) is 5. The van der Waals surface area contributed by atoms with Crippen LogP contribution in [0.4, 0.5) is 11.4 Å². The predicted molar refractivity (Wildman–Crippen MR) is 129 cm³/mol. The van der Waals surface area contributed by atoms with Crippen molar-refractivity contribution < 1.29 is 14.3 Å². The molecular weight excluding hydrogens is 444 g/mol. The third-order valence-electron chi connectivity index (χ3n) is 5.28. The van der Waals surface area contributed by atoms with Crippen LogP contribution in [0.5, 0.6) is 5.75 Å². The van der Waals surface area contributed by atoms with E-state index in [-0.39, 0.29) is 11.6 Å². The van der Waals surface area contributed by atoms with Gasteiger partial charge in [0.05, 0.1) is 23.4 Å². The van der Waals surface area contributed by atoms with Gasteiger partial charge >= 0.3 is 0 Å². The van der Waals surface area contributed by atoms with Gasteiger partial charge in [-0.15, -0.1) is 11.3 Å². The van der Waals surface area contributed by atoms with E-state index in [4.69, 9.17) is 16.3 Å². The zero-order valence-electron chi connectivity index (χ0n) is 17.0. The number of ether oxygens (including phenoxy) is 1. The number of carbonyl (C=O) groups is 2. The van der Waals surface area contributed by atoms with Crippen molar-refractivity contribution in [3.8, 4) is 5.75 Å². The van der Waals surface area contributed by atoms with Crippen molar-refractivity contribution in [3.05, 3.63) is 93.8 Å². The topological polar surface area (TPSA) is 58.6 Å². The van der Waals surface area contributed by atoms with E-state index in [0.717, 1.165) is 10.8 Å². The molecule has 7 heteroatoms. The number of benzene rings is 3. The molecule has 4 aromatic rings. The lowest BCUT2D eigenvalue weighted by molar-refractivity contribution is -0.120. The number of nitrogens with zero attached hydrogens (tertiary/aromatic N) is 1. The van der Waals surface area contributed by atoms with Gasteiger partial charge in [-0.2, -0.15) is 0 Å². The van der Waals surface area contributed by atoms with Gasteiger partial charge in [-0.05, 0) is 41.1 Å². The number of halogens is 1. The van der Waals surface area contributed by atoms with Crippen molar-refractivity contribution in [2.24, 2.45) is 0 Å². The van der Waals surface area contributed by atoms with E-state index in [1.807, 2.05) is 53.9 Å². The molecule has 0 unspecified atom stereocenters. The van der Waals surface area contributed by atoms with Crippen LogP contribution in [0, 0.1) is 0 Å². The minimum absolute atomic E-state index is 0.214. The SMILES string of the molecule is COc1ccc(NC2=C(c3cccs3)C(=O)N(c3cccc4ccccc34)C2=O)cc1Cl. The summed E-state index contributed by atoms with van der Waals surface area (Å²) >= 11 is 7.67. The summed E-state index contributed by atoms with van der Waals surface area (Å²) in [6, 6.07) is 22.1. The number of thiophene rings is 1. The highest BCUT2D eigenvalue weighted by Crippen LogP contribution is 2.38. The lowest BCUT2D eigenvalue weighted by atomic mass is 10.1. The molecule has 32 heavy (non-hydrogen) atoms. The number of anilines is 2. The first-order valence-electron chi connectivity index (χ1n) is 9.83. The van der Waals surface area contributed by atoms with Gasteiger partial charge in [0.15, 0.2) is 0 Å². The Hall–Kier alpha value is -3.61. The van der Waals surface area contributed by atoms with Crippen LogP contribution >= 0.6 is 22.9 Å². The first kappa shape index (κ1) is 20.3. The molecule has 1 N–H and O–H groups in total. The number of nitrogens with one attached hydrogen (secondary N) is 1. The van der Waals surface area contributed by atoms with Crippen LogP contribution in [0.2, 0.25) is 5.02 Å². The van der Waals surface area contributed by atoms with Crippen LogP contribution in [0.1, 0.15) is 4.88 Å². The van der Waals surface area contributed by atoms with Crippen molar-refractivity contribution in [3.63, 3.8) is 0 Å². The fourth-order valence-corrected chi connectivity index (χ4v) is 4.83. The highest BCUT2D eigenvalue weighted by Gasteiger charge is 2.41. The summed E-state index contributed by atoms with van der Waals surface area (Å²) in [5, 5.41) is 7.19. The summed E-state index contributed by atoms with van der Waals surface area (Å²) in [6.07, 6.45) is 0. The quantitative estimate of drug-likeness (QED) is 0.373. The van der Waals surface area contributed by atoms with E-state index in [2.05, 4.69) is 5.32 Å². The van der Waals surface area contributed by atoms with E-state index in [9.17, 15) is 9.59 Å². The second-order valence-corrected chi connectivity index (χ2v) is 8.50. The number of carbonyl (C=O) groups excluding carboxylic acids is 2. The summed E-state index contributed by atoms with van der Waals surface area (Å²) in [4.78, 5) is 29.2. The zero-order chi connectivity index (χ0) is 22.2. The largest absolute Gasteiger partial charge is 0.495 e. The van der Waals surface area contributed by atoms with Crippen molar-refractivity contribution in [2.75, 3.05) is 17.3 Å². The maximum absolute atomic E-state index is 13.6. The van der Waals surface area contributed by atoms with Gasteiger partial charge in [0, 0.05) is 16.0 Å². The second kappa shape index (κ2) is 8.15. The van der Waals surface area contributed by atoms with Crippen molar-refractivity contribution >= 4 is 62.5 Å². The molecule has 0 atom stereocenters. The Morgan fingerprint density at radius 1 is 0.938 bits per heavy atom. The minimum atomic E-state index is -0.415. The van der Waals surface area contributed by atoms with Gasteiger partial charge in [0.1, 0.15) is 11.4 Å². The molecule has 5 nitrogen and oxygen atoms in total. The first-order chi connectivity index (χ1) is 15.6. The normalized spacial score (nSPS) is 13.9. The highest BCUT2D eigenvalue weighted by molar-refractivity contribution is 7.11. The van der Waals surface area contributed by atoms with Gasteiger partial charge < -0.3 is 10.1 Å². The molecular formula is C25H17ClN2O3S. The number of hydrogen-bond donors (Lipinski definition) is 1. The van der Waals surface area contributed by atoms with Crippen LogP contribution in [0.25, 0.3) is 16.3 Å². The Kier molecular flexibility index (Phi) is 5.17. The number of fused-ring (bicyclic) bond motifs is 1. The molecule has 0 spiro atoms. The molecule has 0 fully saturated rings. The molecule has 0 saturated carbocycles. The molecule has 1 aliphatic heterocycles. The van der Waals surface area contributed by atoms with Crippen LogP contribution in [0.3, 0.4) is 0 Å². The Bertz CT molecular complexity index is 1390. The van der Waals surface area contributed by atoms with Crippen molar-refractivity contribution in [1.82, 2.24) is 0 Å². The van der Waals surface area contributed by atoms with E-state index >= 15 is 0 Å². The number of methoxy groups -OCH3 is 1. The van der Waals surface area contributed by atoms with E-state index in [0.29, 0.717) is 32.6 Å². The van der Waals surface area contributed by atoms with Gasteiger partial charge in [-0.1, -0.05) is 54.1 Å². The lowest BCUT2D eigenvalue weighted by Crippen LogP contribution is -2.32. The lowest BCUT2D eigenvalue weighted by Gasteiger charge is -2.18. The smallest absolute Gasteiger partial charge is 0.282 e. The molecule has 1 aliphatic rings. The Morgan fingerprint density at radius 2 is 1.75 bits per heavy atom. The summed E-state index contributed by atoms with van der Waals surface area (Å²) in [5.74, 6) is -0.256. The molecule has 2 heterocycles. The fourth-order valence-electron chi connectivity index (χ4n) is 3.81. The fraction of sp³-hybridized carbons (Fsp3) is 0.0400. The third-order valence-corrected chi connectivity index (χ3v) is 6.46. The van der Waals surface area contributed by atoms with Gasteiger partial charge in [0.25, 0.3) is 11.8 Å². The molecule has 0 radical (unpaired) electrons. The summed E-state index contributed by atoms with van der Waals surface area (Å²) in [6.45, 7) is 0. The highest BCUT2D eigenvalue weighted by atomic mass is 35.5. The summed E-state index contributed by atoms with van der Waals surface area (Å²) < 4.78 is 5.20. The molecule has 0 saturated heterocycles. The standard InChI is InChI=1S/C25H17ClN2O3S/c1-31-20-12-11-16(14-18(20)26)27-23-22(21-10-5-13-32-21)24(29)28(25(23)30)19-9-4-7-15-6-2-3-8-17(15)19/h2-14,27H,1H3. The van der Waals surface area contributed by atoms with Crippen molar-refractivity contribution in [1.29, 1.82) is 0 Å². The first-order valence-corrected chi connectivity index (χ1v) is 11.1. The predicted octanol–water partition coefficient (Wildman–Crippen LogP) is 5.96. The Morgan fingerprint density at radius 3 is 2.50 bits per heavy atom. The van der Waals surface area contributed by atoms with Crippen molar-refractivity contribution in [2.45, 2.75) is 0 Å². The maximum Gasteiger partial charge on any atom is 0.282 e. The number of rotatable bonds is 5. The molecule has 3 aromatic carbocycles. The molecule has 1 aromatic heterocycles. The van der Waals surface area contributed by atoms with Crippen LogP contribution in [0.15, 0.2) is 83.9 Å². The zero-order valence-corrected chi connectivity index (χ0v) is 18.5. The molecule has 158 valence electrons. The third kappa shape index (κ3) is 3.34. The minimum Gasteiger partial charge on any atom is -0.495 e. The van der Waals surface area contributed by atoms with Crippen LogP contribution in [-0.2, 0) is 9.59 Å². The number of imide groups is 1. The van der Waals surface area contributed by atoms with E-state index < -0.39 is 5.91 Å². The second-order valence-electron chi connectivity index (χ2n) is 7.15. The average molecular weight is 461 g/mol. The van der Waals surface area contributed by atoms with Crippen LogP contribution in [-0.4, -0.2) is 18.9 Å². The van der Waals surface area contributed by atoms with E-state index in [1.54, 1.807) is 24.3 Å². The van der Waals surface area contributed by atoms with Gasteiger partial charge in [0.2, 0.25) is 0 Å². The van der Waals surface area contributed by atoms with Gasteiger partial charge in [-0.3, -0.25) is 9.59 Å². The summed E-state index contributed by atoms with van der Waals surface area (Å²) in [7, 11) is 1.53. The molecule has 0 aliphatic carbocycles.